The second-order valence-corrected chi connectivity index (χ2v) is 5.02. The molecule has 1 aromatic carbocycles. The van der Waals surface area contributed by atoms with Gasteiger partial charge in [-0.2, -0.15) is 0 Å². The first-order chi connectivity index (χ1) is 9.95. The van der Waals surface area contributed by atoms with Gasteiger partial charge in [-0.15, -0.1) is 12.4 Å². The molecule has 2 rings (SSSR count). The molecule has 0 spiro atoms. The van der Waals surface area contributed by atoms with Crippen LogP contribution in [-0.4, -0.2) is 31.4 Å². The van der Waals surface area contributed by atoms with Crippen LogP contribution in [0.1, 0.15) is 18.9 Å². The molecule has 1 saturated heterocycles. The van der Waals surface area contributed by atoms with Gasteiger partial charge in [-0.05, 0) is 31.7 Å². The van der Waals surface area contributed by atoms with Gasteiger partial charge in [0.25, 0.3) is 5.91 Å². The summed E-state index contributed by atoms with van der Waals surface area (Å²) in [5.74, 6) is -0.530. The minimum absolute atomic E-state index is 0. The number of urea groups is 1. The summed E-state index contributed by atoms with van der Waals surface area (Å²) in [4.78, 5) is 34.9. The molecule has 0 saturated carbocycles. The van der Waals surface area contributed by atoms with Crippen molar-refractivity contribution in [1.82, 2.24) is 16.0 Å². The Bertz CT molecular complexity index is 593. The van der Waals surface area contributed by atoms with Gasteiger partial charge < -0.3 is 16.0 Å². The Hall–Kier alpha value is -2.12. The van der Waals surface area contributed by atoms with E-state index in [4.69, 9.17) is 0 Å². The van der Waals surface area contributed by atoms with E-state index in [1.165, 1.54) is 0 Å². The first-order valence-corrected chi connectivity index (χ1v) is 6.64. The summed E-state index contributed by atoms with van der Waals surface area (Å²) in [7, 11) is 1.77. The van der Waals surface area contributed by atoms with Crippen molar-refractivity contribution in [3.63, 3.8) is 0 Å². The molecule has 0 aromatic heterocycles. The van der Waals surface area contributed by atoms with E-state index in [0.717, 1.165) is 0 Å². The molecule has 8 heteroatoms. The Morgan fingerprint density at radius 3 is 2.64 bits per heavy atom. The normalized spacial score (nSPS) is 19.9. The van der Waals surface area contributed by atoms with E-state index in [2.05, 4.69) is 21.3 Å². The fourth-order valence-corrected chi connectivity index (χ4v) is 2.12. The highest BCUT2D eigenvalue weighted by Gasteiger charge is 2.43. The molecule has 1 atom stereocenters. The molecule has 0 bridgehead atoms. The molecule has 1 aliphatic heterocycles. The second-order valence-electron chi connectivity index (χ2n) is 5.02. The maximum Gasteiger partial charge on any atom is 0.322 e. The highest BCUT2D eigenvalue weighted by atomic mass is 35.5. The number of carbonyl (C=O) groups excluding carboxylic acids is 3. The summed E-state index contributed by atoms with van der Waals surface area (Å²) in [6.45, 7) is 2.21. The zero-order valence-electron chi connectivity index (χ0n) is 12.4. The quantitative estimate of drug-likeness (QED) is 0.599. The van der Waals surface area contributed by atoms with Crippen LogP contribution >= 0.6 is 12.4 Å². The van der Waals surface area contributed by atoms with Gasteiger partial charge in [0.05, 0.1) is 0 Å². The number of benzene rings is 1. The van der Waals surface area contributed by atoms with Crippen LogP contribution in [0.5, 0.6) is 0 Å². The minimum Gasteiger partial charge on any atom is -0.326 e. The lowest BCUT2D eigenvalue weighted by molar-refractivity contribution is -0.123. The first kappa shape index (κ1) is 17.9. The third kappa shape index (κ3) is 3.75. The minimum atomic E-state index is -1.12. The fraction of sp³-hybridized carbons (Fsp3) is 0.357. The molecule has 120 valence electrons. The van der Waals surface area contributed by atoms with Crippen LogP contribution in [-0.2, 0) is 15.1 Å². The summed E-state index contributed by atoms with van der Waals surface area (Å²) < 4.78 is 0. The maximum atomic E-state index is 11.9. The van der Waals surface area contributed by atoms with Crippen molar-refractivity contribution in [3.8, 4) is 0 Å². The van der Waals surface area contributed by atoms with Crippen LogP contribution in [0, 0.1) is 0 Å². The standard InChI is InChI=1S/C14H18N4O3.ClH/c1-14(12(20)17-13(21)18-14)9-4-3-5-10(8-9)16-11(19)6-7-15-2;/h3-5,8,15H,6-7H2,1-2H3,(H,16,19)(H2,17,18,20,21);1H. The van der Waals surface area contributed by atoms with Crippen molar-refractivity contribution in [2.45, 2.75) is 18.9 Å². The lowest BCUT2D eigenvalue weighted by Crippen LogP contribution is -2.40. The molecule has 1 aliphatic rings. The average molecular weight is 327 g/mol. The molecule has 1 unspecified atom stereocenters. The Labute approximate surface area is 134 Å². The highest BCUT2D eigenvalue weighted by Crippen LogP contribution is 2.26. The van der Waals surface area contributed by atoms with Crippen molar-refractivity contribution in [2.24, 2.45) is 0 Å². The van der Waals surface area contributed by atoms with Crippen LogP contribution in [0.2, 0.25) is 0 Å². The molecule has 22 heavy (non-hydrogen) atoms. The van der Waals surface area contributed by atoms with Gasteiger partial charge in [0, 0.05) is 18.7 Å². The zero-order valence-corrected chi connectivity index (χ0v) is 13.2. The number of nitrogens with one attached hydrogen (secondary N) is 4. The average Bonchev–Trinajstić information content (AvgIpc) is 2.71. The third-order valence-electron chi connectivity index (χ3n) is 3.37. The molecular formula is C14H19ClN4O3. The number of imide groups is 1. The summed E-state index contributed by atoms with van der Waals surface area (Å²) in [5, 5.41) is 10.5. The van der Waals surface area contributed by atoms with Crippen molar-refractivity contribution in [2.75, 3.05) is 18.9 Å². The van der Waals surface area contributed by atoms with Crippen molar-refractivity contribution in [1.29, 1.82) is 0 Å². The predicted octanol–water partition coefficient (Wildman–Crippen LogP) is 0.711. The molecule has 1 aromatic rings. The summed E-state index contributed by atoms with van der Waals surface area (Å²) in [6, 6.07) is 6.35. The summed E-state index contributed by atoms with van der Waals surface area (Å²) in [5.41, 5.74) is 0.0732. The molecule has 1 fully saturated rings. The molecular weight excluding hydrogens is 308 g/mol. The Kier molecular flexibility index (Phi) is 5.90. The molecule has 0 aliphatic carbocycles. The van der Waals surface area contributed by atoms with E-state index in [-0.39, 0.29) is 18.3 Å². The highest BCUT2D eigenvalue weighted by molar-refractivity contribution is 6.07. The number of rotatable bonds is 5. The Morgan fingerprint density at radius 2 is 2.05 bits per heavy atom. The van der Waals surface area contributed by atoms with Crippen LogP contribution in [0.15, 0.2) is 24.3 Å². The van der Waals surface area contributed by atoms with Crippen molar-refractivity contribution in [3.05, 3.63) is 29.8 Å². The SMILES string of the molecule is CNCCC(=O)Nc1cccc(C2(C)NC(=O)NC2=O)c1.Cl. The summed E-state index contributed by atoms with van der Waals surface area (Å²) in [6.07, 6.45) is 0.356. The van der Waals surface area contributed by atoms with E-state index in [1.807, 2.05) is 0 Å². The molecule has 1 heterocycles. The number of carbonyl (C=O) groups is 3. The van der Waals surface area contributed by atoms with E-state index < -0.39 is 17.5 Å². The lowest BCUT2D eigenvalue weighted by atomic mass is 9.92. The fourth-order valence-electron chi connectivity index (χ4n) is 2.12. The van der Waals surface area contributed by atoms with Gasteiger partial charge in [0.2, 0.25) is 5.91 Å². The van der Waals surface area contributed by atoms with Crippen LogP contribution in [0.3, 0.4) is 0 Å². The van der Waals surface area contributed by atoms with Crippen molar-refractivity contribution >= 4 is 35.9 Å². The van der Waals surface area contributed by atoms with Crippen LogP contribution in [0.25, 0.3) is 0 Å². The van der Waals surface area contributed by atoms with E-state index in [1.54, 1.807) is 38.2 Å². The van der Waals surface area contributed by atoms with Gasteiger partial charge in [0.1, 0.15) is 5.54 Å². The topological polar surface area (TPSA) is 99.3 Å². The lowest BCUT2D eigenvalue weighted by Gasteiger charge is -2.21. The third-order valence-corrected chi connectivity index (χ3v) is 3.37. The van der Waals surface area contributed by atoms with E-state index in [0.29, 0.717) is 24.2 Å². The van der Waals surface area contributed by atoms with Crippen LogP contribution < -0.4 is 21.3 Å². The monoisotopic (exact) mass is 326 g/mol. The number of amides is 4. The van der Waals surface area contributed by atoms with Crippen molar-refractivity contribution < 1.29 is 14.4 Å². The molecule has 0 radical (unpaired) electrons. The van der Waals surface area contributed by atoms with Gasteiger partial charge in [-0.3, -0.25) is 14.9 Å². The smallest absolute Gasteiger partial charge is 0.322 e. The van der Waals surface area contributed by atoms with Gasteiger partial charge in [-0.25, -0.2) is 4.79 Å². The Morgan fingerprint density at radius 1 is 1.32 bits per heavy atom. The predicted molar refractivity (Wildman–Crippen MR) is 84.9 cm³/mol. The summed E-state index contributed by atoms with van der Waals surface area (Å²) >= 11 is 0. The number of halogens is 1. The van der Waals surface area contributed by atoms with Crippen LogP contribution in [0.4, 0.5) is 10.5 Å². The van der Waals surface area contributed by atoms with Gasteiger partial charge >= 0.3 is 6.03 Å². The van der Waals surface area contributed by atoms with E-state index in [9.17, 15) is 14.4 Å². The number of hydrogen-bond acceptors (Lipinski definition) is 4. The number of anilines is 1. The molecule has 7 nitrogen and oxygen atoms in total. The first-order valence-electron chi connectivity index (χ1n) is 6.64. The second kappa shape index (κ2) is 7.24. The largest absolute Gasteiger partial charge is 0.326 e. The van der Waals surface area contributed by atoms with Gasteiger partial charge in [0.15, 0.2) is 0 Å². The molecule has 4 amide bonds. The number of hydrogen-bond donors (Lipinski definition) is 4. The van der Waals surface area contributed by atoms with E-state index >= 15 is 0 Å². The molecule has 4 N–H and O–H groups in total. The Balaban J connectivity index is 0.00000242. The maximum absolute atomic E-state index is 11.9. The van der Waals surface area contributed by atoms with Gasteiger partial charge in [-0.1, -0.05) is 12.1 Å². The zero-order chi connectivity index (χ0) is 15.5.